The fourth-order valence-electron chi connectivity index (χ4n) is 5.87. The predicted molar refractivity (Wildman–Crippen MR) is 168 cm³/mol. The Morgan fingerprint density at radius 1 is 0.475 bits per heavy atom. The summed E-state index contributed by atoms with van der Waals surface area (Å²) >= 11 is 0. The molecule has 40 heavy (non-hydrogen) atoms. The van der Waals surface area contributed by atoms with Gasteiger partial charge in [0.15, 0.2) is 0 Å². The van der Waals surface area contributed by atoms with Crippen LogP contribution in [0.4, 0.5) is 0 Å². The highest BCUT2D eigenvalue weighted by molar-refractivity contribution is 6.21. The molecule has 0 amide bonds. The van der Waals surface area contributed by atoms with Gasteiger partial charge in [-0.15, -0.1) is 0 Å². The zero-order chi connectivity index (χ0) is 27.1. The van der Waals surface area contributed by atoms with E-state index in [-0.39, 0.29) is 0 Å². The van der Waals surface area contributed by atoms with Gasteiger partial charge in [-0.05, 0) is 98.1 Å². The molecule has 0 N–H and O–H groups in total. The van der Waals surface area contributed by atoms with Gasteiger partial charge in [-0.25, -0.2) is 0 Å². The van der Waals surface area contributed by atoms with Gasteiger partial charge in [0.1, 0.15) is 0 Å². The average molecular weight is 513 g/mol. The van der Waals surface area contributed by atoms with Gasteiger partial charge in [0.05, 0.1) is 5.69 Å². The molecule has 0 saturated heterocycles. The molecule has 0 aliphatic heterocycles. The van der Waals surface area contributed by atoms with Gasteiger partial charge in [0.25, 0.3) is 0 Å². The molecular formula is C38H28N2. The molecule has 2 heteroatoms. The van der Waals surface area contributed by atoms with Crippen LogP contribution in [0.25, 0.3) is 66.2 Å². The highest BCUT2D eigenvalue weighted by atomic mass is 14.7. The zero-order valence-electron chi connectivity index (χ0n) is 22.6. The first-order chi connectivity index (χ1) is 19.7. The van der Waals surface area contributed by atoms with Crippen LogP contribution in [0.15, 0.2) is 134 Å². The molecule has 190 valence electrons. The first kappa shape index (κ1) is 24.0. The number of rotatable bonds is 4. The Hall–Kier alpha value is -5.08. The second-order valence-corrected chi connectivity index (χ2v) is 10.4. The van der Waals surface area contributed by atoms with Crippen molar-refractivity contribution < 1.29 is 0 Å². The summed E-state index contributed by atoms with van der Waals surface area (Å²) in [5.74, 6) is 0. The second kappa shape index (κ2) is 9.91. The molecule has 5 aromatic carbocycles. The van der Waals surface area contributed by atoms with E-state index in [1.807, 2.05) is 24.7 Å². The van der Waals surface area contributed by atoms with E-state index in [0.717, 1.165) is 11.3 Å². The molecule has 0 radical (unpaired) electrons. The van der Waals surface area contributed by atoms with Crippen molar-refractivity contribution in [3.63, 3.8) is 0 Å². The third-order valence-electron chi connectivity index (χ3n) is 7.82. The van der Waals surface area contributed by atoms with Crippen molar-refractivity contribution in [2.24, 2.45) is 0 Å². The summed E-state index contributed by atoms with van der Waals surface area (Å²) in [6, 6.07) is 41.7. The van der Waals surface area contributed by atoms with Crippen LogP contribution in [0.5, 0.6) is 0 Å². The molecule has 0 saturated carbocycles. The normalized spacial score (nSPS) is 11.2. The molecule has 7 rings (SSSR count). The van der Waals surface area contributed by atoms with Gasteiger partial charge in [0.2, 0.25) is 0 Å². The average Bonchev–Trinajstić information content (AvgIpc) is 3.00. The standard InChI is InChI=1S/C38H28N2/c1-25-19-22-40-36(23-25)28-13-17-30(18-14-28)38-34-9-5-3-7-32(34)37(33-8-4-6-10-35(33)38)29-15-11-27(12-16-29)31-20-21-39-24-26(31)2/h3-24H,1-2H3. The highest BCUT2D eigenvalue weighted by Gasteiger charge is 2.16. The van der Waals surface area contributed by atoms with Crippen molar-refractivity contribution in [2.45, 2.75) is 13.8 Å². The maximum absolute atomic E-state index is 4.58. The van der Waals surface area contributed by atoms with Crippen LogP contribution in [0.2, 0.25) is 0 Å². The third kappa shape index (κ3) is 4.15. The largest absolute Gasteiger partial charge is 0.264 e. The molecule has 0 aliphatic carbocycles. The van der Waals surface area contributed by atoms with Crippen LogP contribution in [-0.4, -0.2) is 9.97 Å². The molecule has 0 bridgehead atoms. The minimum absolute atomic E-state index is 1.00. The lowest BCUT2D eigenvalue weighted by Gasteiger charge is -2.18. The van der Waals surface area contributed by atoms with Crippen LogP contribution >= 0.6 is 0 Å². The van der Waals surface area contributed by atoms with E-state index >= 15 is 0 Å². The minimum atomic E-state index is 1.00. The Labute approximate surface area is 234 Å². The zero-order valence-corrected chi connectivity index (χ0v) is 22.6. The smallest absolute Gasteiger partial charge is 0.0704 e. The number of aromatic nitrogens is 2. The van der Waals surface area contributed by atoms with Crippen molar-refractivity contribution in [3.05, 3.63) is 145 Å². The maximum Gasteiger partial charge on any atom is 0.0704 e. The molecular weight excluding hydrogens is 484 g/mol. The number of hydrogen-bond donors (Lipinski definition) is 0. The topological polar surface area (TPSA) is 25.8 Å². The van der Waals surface area contributed by atoms with Crippen LogP contribution < -0.4 is 0 Å². The number of nitrogens with zero attached hydrogens (tertiary/aromatic N) is 2. The van der Waals surface area contributed by atoms with Gasteiger partial charge in [-0.3, -0.25) is 9.97 Å². The van der Waals surface area contributed by atoms with Crippen LogP contribution in [0.1, 0.15) is 11.1 Å². The Bertz CT molecular complexity index is 1950. The van der Waals surface area contributed by atoms with Crippen molar-refractivity contribution in [1.82, 2.24) is 9.97 Å². The summed E-state index contributed by atoms with van der Waals surface area (Å²) in [6.07, 6.45) is 5.66. The third-order valence-corrected chi connectivity index (χ3v) is 7.82. The van der Waals surface area contributed by atoms with Crippen molar-refractivity contribution in [1.29, 1.82) is 0 Å². The number of hydrogen-bond acceptors (Lipinski definition) is 2. The molecule has 0 fully saturated rings. The Morgan fingerprint density at radius 3 is 1.48 bits per heavy atom. The van der Waals surface area contributed by atoms with E-state index in [4.69, 9.17) is 0 Å². The molecule has 2 nitrogen and oxygen atoms in total. The number of benzene rings is 5. The van der Waals surface area contributed by atoms with Crippen molar-refractivity contribution in [2.75, 3.05) is 0 Å². The second-order valence-electron chi connectivity index (χ2n) is 10.4. The van der Waals surface area contributed by atoms with Crippen LogP contribution in [0.3, 0.4) is 0 Å². The minimum Gasteiger partial charge on any atom is -0.264 e. The molecule has 0 atom stereocenters. The summed E-state index contributed by atoms with van der Waals surface area (Å²) in [5, 5.41) is 5.03. The fourth-order valence-corrected chi connectivity index (χ4v) is 5.87. The Kier molecular flexibility index (Phi) is 5.94. The monoisotopic (exact) mass is 512 g/mol. The Balaban J connectivity index is 1.41. The molecule has 0 unspecified atom stereocenters. The predicted octanol–water partition coefficient (Wildman–Crippen LogP) is 10.1. The number of pyridine rings is 2. The molecule has 7 aromatic rings. The quantitative estimate of drug-likeness (QED) is 0.219. The number of aryl methyl sites for hydroxylation is 2. The van der Waals surface area contributed by atoms with Gasteiger partial charge in [-0.2, -0.15) is 0 Å². The SMILES string of the molecule is Cc1ccnc(-c2ccc(-c3c4ccccc4c(-c4ccc(-c5ccncc5C)cc4)c4ccccc34)cc2)c1. The van der Waals surface area contributed by atoms with E-state index in [0.29, 0.717) is 0 Å². The maximum atomic E-state index is 4.58. The fraction of sp³-hybridized carbons (Fsp3) is 0.0526. The van der Waals surface area contributed by atoms with Crippen LogP contribution in [-0.2, 0) is 0 Å². The lowest BCUT2D eigenvalue weighted by Crippen LogP contribution is -1.91. The van der Waals surface area contributed by atoms with E-state index < -0.39 is 0 Å². The van der Waals surface area contributed by atoms with Gasteiger partial charge < -0.3 is 0 Å². The highest BCUT2D eigenvalue weighted by Crippen LogP contribution is 2.44. The van der Waals surface area contributed by atoms with Crippen molar-refractivity contribution in [3.8, 4) is 44.6 Å². The summed E-state index contributed by atoms with van der Waals surface area (Å²) in [6.45, 7) is 4.22. The Morgan fingerprint density at radius 2 is 0.975 bits per heavy atom. The summed E-state index contributed by atoms with van der Waals surface area (Å²) in [4.78, 5) is 8.84. The first-order valence-corrected chi connectivity index (χ1v) is 13.7. The van der Waals surface area contributed by atoms with Gasteiger partial charge >= 0.3 is 0 Å². The van der Waals surface area contributed by atoms with E-state index in [1.165, 1.54) is 66.1 Å². The molecule has 2 aromatic heterocycles. The molecule has 0 aliphatic rings. The van der Waals surface area contributed by atoms with Gasteiger partial charge in [-0.1, -0.05) is 97.1 Å². The first-order valence-electron chi connectivity index (χ1n) is 13.7. The molecule has 0 spiro atoms. The lowest BCUT2D eigenvalue weighted by molar-refractivity contribution is 1.27. The summed E-state index contributed by atoms with van der Waals surface area (Å²) in [7, 11) is 0. The lowest BCUT2D eigenvalue weighted by atomic mass is 9.85. The molecule has 2 heterocycles. The van der Waals surface area contributed by atoms with Crippen molar-refractivity contribution >= 4 is 21.5 Å². The van der Waals surface area contributed by atoms with E-state index in [1.54, 1.807) is 0 Å². The van der Waals surface area contributed by atoms with E-state index in [9.17, 15) is 0 Å². The summed E-state index contributed by atoms with van der Waals surface area (Å²) in [5.41, 5.74) is 11.9. The van der Waals surface area contributed by atoms with Gasteiger partial charge in [0, 0.05) is 24.2 Å². The summed E-state index contributed by atoms with van der Waals surface area (Å²) < 4.78 is 0. The number of fused-ring (bicyclic) bond motifs is 2. The van der Waals surface area contributed by atoms with E-state index in [2.05, 4.69) is 133 Å². The van der Waals surface area contributed by atoms with Crippen LogP contribution in [0, 0.1) is 13.8 Å².